The first kappa shape index (κ1) is 22.7. The number of rotatable bonds is 6. The summed E-state index contributed by atoms with van der Waals surface area (Å²) in [5.74, 6) is 1.31. The molecule has 0 amide bonds. The molecule has 1 unspecified atom stereocenters. The summed E-state index contributed by atoms with van der Waals surface area (Å²) in [5.41, 5.74) is 0. The summed E-state index contributed by atoms with van der Waals surface area (Å²) < 4.78 is 27.5. The minimum absolute atomic E-state index is 0. The lowest BCUT2D eigenvalue weighted by atomic mass is 10.3. The highest BCUT2D eigenvalue weighted by atomic mass is 127. The summed E-state index contributed by atoms with van der Waals surface area (Å²) >= 11 is 1.46. The second-order valence-electron chi connectivity index (χ2n) is 6.16. The van der Waals surface area contributed by atoms with Crippen LogP contribution in [-0.4, -0.2) is 49.4 Å². The number of anilines is 1. The van der Waals surface area contributed by atoms with Gasteiger partial charge in [-0.1, -0.05) is 12.1 Å². The summed E-state index contributed by atoms with van der Waals surface area (Å²) in [6, 6.07) is 9.94. The van der Waals surface area contributed by atoms with Crippen molar-refractivity contribution < 1.29 is 8.78 Å². The van der Waals surface area contributed by atoms with Gasteiger partial charge in [-0.15, -0.1) is 35.7 Å². The first-order chi connectivity index (χ1) is 13.2. The lowest BCUT2D eigenvalue weighted by molar-refractivity contribution is 0.602. The van der Waals surface area contributed by atoms with Gasteiger partial charge in [-0.05, 0) is 30.7 Å². The number of aliphatic imine (C=N–C) groups is 1. The fourth-order valence-corrected chi connectivity index (χ4v) is 3.77. The maximum absolute atomic E-state index is 13.9. The van der Waals surface area contributed by atoms with E-state index in [1.807, 2.05) is 11.0 Å². The molecule has 1 saturated heterocycles. The number of nitrogens with zero attached hydrogens (tertiary/aromatic N) is 3. The molecule has 2 N–H and O–H groups in total. The molecule has 152 valence electrons. The number of benzene rings is 1. The molecule has 5 nitrogen and oxygen atoms in total. The molecule has 1 fully saturated rings. The predicted octanol–water partition coefficient (Wildman–Crippen LogP) is 3.51. The van der Waals surface area contributed by atoms with Gasteiger partial charge in [-0.3, -0.25) is 4.99 Å². The third-order valence-corrected chi connectivity index (χ3v) is 5.33. The molecule has 9 heteroatoms. The monoisotopic (exact) mass is 519 g/mol. The molecule has 1 aliphatic heterocycles. The molecular formula is C19H24F2IN5S. The van der Waals surface area contributed by atoms with E-state index in [9.17, 15) is 8.78 Å². The van der Waals surface area contributed by atoms with E-state index in [0.29, 0.717) is 29.8 Å². The highest BCUT2D eigenvalue weighted by Crippen LogP contribution is 2.21. The van der Waals surface area contributed by atoms with Gasteiger partial charge in [0.15, 0.2) is 17.6 Å². The number of halogens is 3. The minimum atomic E-state index is -0.300. The smallest absolute Gasteiger partial charge is 0.191 e. The Bertz CT molecular complexity index is 792. The zero-order chi connectivity index (χ0) is 19.1. The van der Waals surface area contributed by atoms with Crippen molar-refractivity contribution in [1.29, 1.82) is 0 Å². The zero-order valence-electron chi connectivity index (χ0n) is 15.6. The van der Waals surface area contributed by atoms with E-state index in [0.717, 1.165) is 18.7 Å². The first-order valence-electron chi connectivity index (χ1n) is 8.87. The molecule has 0 radical (unpaired) electrons. The Morgan fingerprint density at radius 1 is 1.25 bits per heavy atom. The van der Waals surface area contributed by atoms with Crippen molar-refractivity contribution in [3.8, 4) is 0 Å². The third kappa shape index (κ3) is 6.20. The Morgan fingerprint density at radius 3 is 2.79 bits per heavy atom. The van der Waals surface area contributed by atoms with E-state index in [2.05, 4.69) is 20.6 Å². The summed E-state index contributed by atoms with van der Waals surface area (Å²) in [6.45, 7) is 2.06. The van der Waals surface area contributed by atoms with Gasteiger partial charge in [0.25, 0.3) is 0 Å². The Balaban J connectivity index is 0.00000280. The molecule has 2 heterocycles. The quantitative estimate of drug-likeness (QED) is 0.201. The number of thioether (sulfide) groups is 1. The standard InChI is InChI=1S/C19H23F2N5S.HI/c1-22-19(24-10-12-27-17-7-3-2-5-15(17)20)25-14-8-11-26(13-14)18-16(21)6-4-9-23-18;/h2-7,9,14H,8,10-13H2,1H3,(H2,22,24,25);1H. The highest BCUT2D eigenvalue weighted by molar-refractivity contribution is 14.0. The second kappa shape index (κ2) is 11.4. The summed E-state index contributed by atoms with van der Waals surface area (Å²) in [6.07, 6.45) is 2.48. The second-order valence-corrected chi connectivity index (χ2v) is 7.30. The molecule has 1 aromatic carbocycles. The van der Waals surface area contributed by atoms with E-state index in [1.165, 1.54) is 23.9 Å². The summed E-state index contributed by atoms with van der Waals surface area (Å²) in [7, 11) is 1.71. The molecule has 0 saturated carbocycles. The van der Waals surface area contributed by atoms with Crippen LogP contribution in [0.4, 0.5) is 14.6 Å². The molecule has 0 spiro atoms. The van der Waals surface area contributed by atoms with Crippen LogP contribution in [-0.2, 0) is 0 Å². The molecule has 3 rings (SSSR count). The first-order valence-corrected chi connectivity index (χ1v) is 9.86. The number of hydrogen-bond acceptors (Lipinski definition) is 4. The van der Waals surface area contributed by atoms with Crippen LogP contribution in [0.25, 0.3) is 0 Å². The highest BCUT2D eigenvalue weighted by Gasteiger charge is 2.25. The van der Waals surface area contributed by atoms with Gasteiger partial charge in [0, 0.05) is 49.6 Å². The van der Waals surface area contributed by atoms with E-state index < -0.39 is 0 Å². The fraction of sp³-hybridized carbons (Fsp3) is 0.368. The molecule has 1 aliphatic rings. The van der Waals surface area contributed by atoms with Gasteiger partial charge in [0.1, 0.15) is 5.82 Å². The van der Waals surface area contributed by atoms with Crippen molar-refractivity contribution in [3.63, 3.8) is 0 Å². The SMILES string of the molecule is CN=C(NCCSc1ccccc1F)NC1CCN(c2ncccc2F)C1.I. The Kier molecular flexibility index (Phi) is 9.23. The van der Waals surface area contributed by atoms with Crippen LogP contribution in [0.1, 0.15) is 6.42 Å². The summed E-state index contributed by atoms with van der Waals surface area (Å²) in [5, 5.41) is 6.60. The summed E-state index contributed by atoms with van der Waals surface area (Å²) in [4.78, 5) is 10.9. The molecule has 1 atom stereocenters. The Labute approximate surface area is 185 Å². The van der Waals surface area contributed by atoms with Gasteiger partial charge in [0.2, 0.25) is 0 Å². The maximum Gasteiger partial charge on any atom is 0.191 e. The number of hydrogen-bond donors (Lipinski definition) is 2. The van der Waals surface area contributed by atoms with E-state index >= 15 is 0 Å². The lowest BCUT2D eigenvalue weighted by Gasteiger charge is -2.20. The van der Waals surface area contributed by atoms with E-state index in [4.69, 9.17) is 0 Å². The van der Waals surface area contributed by atoms with Crippen LogP contribution in [0.15, 0.2) is 52.5 Å². The predicted molar refractivity (Wildman–Crippen MR) is 122 cm³/mol. The number of guanidine groups is 1. The Morgan fingerprint density at radius 2 is 2.04 bits per heavy atom. The van der Waals surface area contributed by atoms with Crippen LogP contribution in [0.5, 0.6) is 0 Å². The van der Waals surface area contributed by atoms with Crippen LogP contribution in [0.3, 0.4) is 0 Å². The average Bonchev–Trinajstić information content (AvgIpc) is 3.14. The van der Waals surface area contributed by atoms with Crippen LogP contribution >= 0.6 is 35.7 Å². The van der Waals surface area contributed by atoms with Gasteiger partial charge in [-0.2, -0.15) is 0 Å². The lowest BCUT2D eigenvalue weighted by Crippen LogP contribution is -2.45. The van der Waals surface area contributed by atoms with Crippen LogP contribution in [0, 0.1) is 11.6 Å². The minimum Gasteiger partial charge on any atom is -0.356 e. The molecule has 1 aromatic heterocycles. The third-order valence-electron chi connectivity index (χ3n) is 4.28. The van der Waals surface area contributed by atoms with Crippen molar-refractivity contribution in [2.75, 3.05) is 37.3 Å². The van der Waals surface area contributed by atoms with Gasteiger partial charge >= 0.3 is 0 Å². The normalized spacial score (nSPS) is 16.6. The molecule has 2 aromatic rings. The van der Waals surface area contributed by atoms with Crippen molar-refractivity contribution in [3.05, 3.63) is 54.2 Å². The van der Waals surface area contributed by atoms with Crippen LogP contribution in [0.2, 0.25) is 0 Å². The van der Waals surface area contributed by atoms with Crippen molar-refractivity contribution >= 4 is 47.5 Å². The molecule has 28 heavy (non-hydrogen) atoms. The molecule has 0 bridgehead atoms. The van der Waals surface area contributed by atoms with Gasteiger partial charge < -0.3 is 15.5 Å². The molecular weight excluding hydrogens is 495 g/mol. The maximum atomic E-state index is 13.9. The number of aromatic nitrogens is 1. The van der Waals surface area contributed by atoms with E-state index in [1.54, 1.807) is 31.4 Å². The van der Waals surface area contributed by atoms with Crippen molar-refractivity contribution in [1.82, 2.24) is 15.6 Å². The van der Waals surface area contributed by atoms with Crippen molar-refractivity contribution in [2.45, 2.75) is 17.4 Å². The fourth-order valence-electron chi connectivity index (χ4n) is 2.96. The van der Waals surface area contributed by atoms with Gasteiger partial charge in [0.05, 0.1) is 0 Å². The average molecular weight is 519 g/mol. The van der Waals surface area contributed by atoms with E-state index in [-0.39, 0.29) is 41.7 Å². The Hall–Kier alpha value is -1.62. The number of nitrogens with one attached hydrogen (secondary N) is 2. The van der Waals surface area contributed by atoms with Crippen molar-refractivity contribution in [2.24, 2.45) is 4.99 Å². The molecule has 0 aliphatic carbocycles. The largest absolute Gasteiger partial charge is 0.356 e. The van der Waals surface area contributed by atoms with Crippen LogP contribution < -0.4 is 15.5 Å². The number of pyridine rings is 1. The topological polar surface area (TPSA) is 52.6 Å². The van der Waals surface area contributed by atoms with Gasteiger partial charge in [-0.25, -0.2) is 13.8 Å². The zero-order valence-corrected chi connectivity index (χ0v) is 18.7.